The van der Waals surface area contributed by atoms with Crippen molar-refractivity contribution in [2.24, 2.45) is 0 Å². The van der Waals surface area contributed by atoms with Crippen LogP contribution >= 0.6 is 0 Å². The van der Waals surface area contributed by atoms with Gasteiger partial charge in [-0.2, -0.15) is 0 Å². The minimum absolute atomic E-state index is 0.224. The summed E-state index contributed by atoms with van der Waals surface area (Å²) in [5, 5.41) is 9.31. The molecule has 70 valence electrons. The third-order valence-electron chi connectivity index (χ3n) is 2.19. The van der Waals surface area contributed by atoms with Crippen molar-refractivity contribution in [3.8, 4) is 0 Å². The lowest BCUT2D eigenvalue weighted by Gasteiger charge is -2.16. The van der Waals surface area contributed by atoms with Gasteiger partial charge in [0.1, 0.15) is 0 Å². The summed E-state index contributed by atoms with van der Waals surface area (Å²) in [6.07, 6.45) is 3.95. The molecule has 0 aromatic carbocycles. The molecule has 0 unspecified atom stereocenters. The number of nitrogen functional groups attached to an aromatic ring is 1. The monoisotopic (exact) mass is 180 g/mol. The van der Waals surface area contributed by atoms with E-state index in [9.17, 15) is 5.11 Å². The number of hydrogen-bond acceptors (Lipinski definition) is 5. The topological polar surface area (TPSA) is 75.3 Å². The Bertz CT molecular complexity index is 287. The second-order valence-corrected chi connectivity index (χ2v) is 3.19. The van der Waals surface area contributed by atoms with Crippen molar-refractivity contribution >= 4 is 11.6 Å². The molecule has 0 saturated carbocycles. The molecule has 1 fully saturated rings. The second-order valence-electron chi connectivity index (χ2n) is 3.19. The van der Waals surface area contributed by atoms with E-state index in [1.807, 2.05) is 4.90 Å². The normalized spacial score (nSPS) is 22.2. The molecule has 0 aliphatic carbocycles. The lowest BCUT2D eigenvalue weighted by atomic mass is 10.3. The standard InChI is InChI=1S/C8H12N4O/c9-8-10-3-6(4-11-8)12-2-1-7(13)5-12/h3-4,7,13H,1-2,5H2,(H2,9,10,11)/t7-/m0/s1. The highest BCUT2D eigenvalue weighted by atomic mass is 16.3. The molecule has 0 bridgehead atoms. The molecule has 3 N–H and O–H groups in total. The maximum Gasteiger partial charge on any atom is 0.220 e. The fraction of sp³-hybridized carbons (Fsp3) is 0.500. The average molecular weight is 180 g/mol. The second kappa shape index (κ2) is 3.18. The molecular weight excluding hydrogens is 168 g/mol. The third-order valence-corrected chi connectivity index (χ3v) is 2.19. The van der Waals surface area contributed by atoms with Crippen LogP contribution in [0.25, 0.3) is 0 Å². The molecule has 1 aliphatic rings. The quantitative estimate of drug-likeness (QED) is 0.616. The molecule has 2 rings (SSSR count). The SMILES string of the molecule is Nc1ncc(N2CC[C@H](O)C2)cn1. The fourth-order valence-corrected chi connectivity index (χ4v) is 1.47. The predicted octanol–water partition coefficient (Wildman–Crippen LogP) is -0.370. The highest BCUT2D eigenvalue weighted by Crippen LogP contribution is 2.18. The molecule has 0 radical (unpaired) electrons. The van der Waals surface area contributed by atoms with E-state index in [1.165, 1.54) is 0 Å². The number of nitrogens with zero attached hydrogens (tertiary/aromatic N) is 3. The van der Waals surface area contributed by atoms with Crippen LogP contribution in [0, 0.1) is 0 Å². The molecule has 1 saturated heterocycles. The van der Waals surface area contributed by atoms with Crippen molar-refractivity contribution in [2.45, 2.75) is 12.5 Å². The summed E-state index contributed by atoms with van der Waals surface area (Å²) in [6.45, 7) is 1.52. The summed E-state index contributed by atoms with van der Waals surface area (Å²) in [4.78, 5) is 9.83. The Hall–Kier alpha value is -1.36. The van der Waals surface area contributed by atoms with Crippen LogP contribution in [0.2, 0.25) is 0 Å². The smallest absolute Gasteiger partial charge is 0.220 e. The van der Waals surface area contributed by atoms with Crippen molar-refractivity contribution in [2.75, 3.05) is 23.7 Å². The van der Waals surface area contributed by atoms with Crippen LogP contribution in [-0.4, -0.2) is 34.3 Å². The maximum atomic E-state index is 9.31. The number of aliphatic hydroxyl groups excluding tert-OH is 1. The summed E-state index contributed by atoms with van der Waals surface area (Å²) in [5.41, 5.74) is 6.28. The lowest BCUT2D eigenvalue weighted by Crippen LogP contribution is -2.21. The summed E-state index contributed by atoms with van der Waals surface area (Å²) in [5.74, 6) is 0.281. The zero-order valence-corrected chi connectivity index (χ0v) is 7.22. The van der Waals surface area contributed by atoms with E-state index >= 15 is 0 Å². The molecule has 13 heavy (non-hydrogen) atoms. The van der Waals surface area contributed by atoms with Crippen LogP contribution in [-0.2, 0) is 0 Å². The lowest BCUT2D eigenvalue weighted by molar-refractivity contribution is 0.198. The van der Waals surface area contributed by atoms with Gasteiger partial charge < -0.3 is 15.7 Å². The molecule has 5 nitrogen and oxygen atoms in total. The third kappa shape index (κ3) is 1.70. The zero-order chi connectivity index (χ0) is 9.26. The Morgan fingerprint density at radius 2 is 2.15 bits per heavy atom. The van der Waals surface area contributed by atoms with Crippen molar-refractivity contribution in [1.82, 2.24) is 9.97 Å². The molecule has 0 amide bonds. The molecule has 2 heterocycles. The van der Waals surface area contributed by atoms with Crippen LogP contribution in [0.4, 0.5) is 11.6 Å². The first-order chi connectivity index (χ1) is 6.25. The van der Waals surface area contributed by atoms with Crippen LogP contribution < -0.4 is 10.6 Å². The van der Waals surface area contributed by atoms with Gasteiger partial charge in [-0.3, -0.25) is 0 Å². The van der Waals surface area contributed by atoms with Crippen molar-refractivity contribution in [1.29, 1.82) is 0 Å². The Morgan fingerprint density at radius 1 is 1.46 bits per heavy atom. The van der Waals surface area contributed by atoms with Crippen molar-refractivity contribution in [3.63, 3.8) is 0 Å². The van der Waals surface area contributed by atoms with Gasteiger partial charge in [0.25, 0.3) is 0 Å². The first-order valence-corrected chi connectivity index (χ1v) is 4.26. The van der Waals surface area contributed by atoms with E-state index < -0.39 is 0 Å². The summed E-state index contributed by atoms with van der Waals surface area (Å²) >= 11 is 0. The molecule has 1 aromatic heterocycles. The molecule has 0 spiro atoms. The Labute approximate surface area is 76.2 Å². The van der Waals surface area contributed by atoms with Crippen molar-refractivity contribution in [3.05, 3.63) is 12.4 Å². The highest BCUT2D eigenvalue weighted by Gasteiger charge is 2.20. The van der Waals surface area contributed by atoms with Gasteiger partial charge in [0.05, 0.1) is 24.2 Å². The van der Waals surface area contributed by atoms with Gasteiger partial charge in [-0.1, -0.05) is 0 Å². The average Bonchev–Trinajstić information content (AvgIpc) is 2.53. The van der Waals surface area contributed by atoms with E-state index in [2.05, 4.69) is 9.97 Å². The largest absolute Gasteiger partial charge is 0.391 e. The van der Waals surface area contributed by atoms with E-state index in [4.69, 9.17) is 5.73 Å². The highest BCUT2D eigenvalue weighted by molar-refractivity contribution is 5.44. The molecule has 1 aromatic rings. The number of rotatable bonds is 1. The molecule has 5 heteroatoms. The minimum atomic E-state index is -0.224. The Morgan fingerprint density at radius 3 is 2.69 bits per heavy atom. The first-order valence-electron chi connectivity index (χ1n) is 4.26. The number of hydrogen-bond donors (Lipinski definition) is 2. The Balaban J connectivity index is 2.13. The van der Waals surface area contributed by atoms with Crippen LogP contribution in [0.5, 0.6) is 0 Å². The summed E-state index contributed by atoms with van der Waals surface area (Å²) in [6, 6.07) is 0. The maximum absolute atomic E-state index is 9.31. The number of aromatic nitrogens is 2. The zero-order valence-electron chi connectivity index (χ0n) is 7.22. The van der Waals surface area contributed by atoms with Gasteiger partial charge in [0.15, 0.2) is 0 Å². The van der Waals surface area contributed by atoms with Gasteiger partial charge >= 0.3 is 0 Å². The number of aliphatic hydroxyl groups is 1. The van der Waals surface area contributed by atoms with Gasteiger partial charge in [-0.15, -0.1) is 0 Å². The van der Waals surface area contributed by atoms with E-state index in [-0.39, 0.29) is 12.1 Å². The van der Waals surface area contributed by atoms with Gasteiger partial charge in [0.2, 0.25) is 5.95 Å². The molecule has 1 atom stereocenters. The first kappa shape index (κ1) is 8.25. The van der Waals surface area contributed by atoms with Gasteiger partial charge in [0, 0.05) is 13.1 Å². The van der Waals surface area contributed by atoms with Crippen LogP contribution in [0.15, 0.2) is 12.4 Å². The van der Waals surface area contributed by atoms with Gasteiger partial charge in [-0.25, -0.2) is 9.97 Å². The predicted molar refractivity (Wildman–Crippen MR) is 49.3 cm³/mol. The number of nitrogens with two attached hydrogens (primary N) is 1. The number of anilines is 2. The van der Waals surface area contributed by atoms with E-state index in [0.717, 1.165) is 18.7 Å². The van der Waals surface area contributed by atoms with Crippen LogP contribution in [0.1, 0.15) is 6.42 Å². The van der Waals surface area contributed by atoms with Crippen LogP contribution in [0.3, 0.4) is 0 Å². The summed E-state index contributed by atoms with van der Waals surface area (Å²) in [7, 11) is 0. The molecule has 1 aliphatic heterocycles. The number of β-amino-alcohol motifs (C(OH)–C–C–N with tert-alkyl or cyclic N) is 1. The Kier molecular flexibility index (Phi) is 2.02. The van der Waals surface area contributed by atoms with Gasteiger partial charge in [-0.05, 0) is 6.42 Å². The van der Waals surface area contributed by atoms with E-state index in [0.29, 0.717) is 6.54 Å². The minimum Gasteiger partial charge on any atom is -0.391 e. The van der Waals surface area contributed by atoms with E-state index in [1.54, 1.807) is 12.4 Å². The molecular formula is C8H12N4O. The summed E-state index contributed by atoms with van der Waals surface area (Å²) < 4.78 is 0. The van der Waals surface area contributed by atoms with Crippen molar-refractivity contribution < 1.29 is 5.11 Å². The fourth-order valence-electron chi connectivity index (χ4n) is 1.47.